The van der Waals surface area contributed by atoms with Crippen molar-refractivity contribution in [3.05, 3.63) is 29.3 Å². The van der Waals surface area contributed by atoms with E-state index in [-0.39, 0.29) is 17.4 Å². The smallest absolute Gasteiger partial charge is 0.316 e. The van der Waals surface area contributed by atoms with E-state index in [2.05, 4.69) is 16.7 Å². The zero-order valence-electron chi connectivity index (χ0n) is 16.2. The molecule has 2 rings (SSSR count). The van der Waals surface area contributed by atoms with Gasteiger partial charge in [0.1, 0.15) is 5.54 Å². The van der Waals surface area contributed by atoms with Crippen LogP contribution in [0, 0.1) is 25.2 Å². The maximum absolute atomic E-state index is 12.0. The summed E-state index contributed by atoms with van der Waals surface area (Å²) in [5, 5.41) is 14.7. The number of esters is 1. The Morgan fingerprint density at radius 3 is 2.54 bits per heavy atom. The number of amides is 2. The molecule has 0 aromatic heterocycles. The van der Waals surface area contributed by atoms with Crippen LogP contribution in [0.4, 0.5) is 5.69 Å². The van der Waals surface area contributed by atoms with Crippen LogP contribution < -0.4 is 10.6 Å². The lowest BCUT2D eigenvalue weighted by Crippen LogP contribution is -2.46. The first kappa shape index (κ1) is 21.8. The Bertz CT molecular complexity index is 782. The molecule has 1 aliphatic rings. The third kappa shape index (κ3) is 6.57. The molecule has 1 saturated carbocycles. The Morgan fingerprint density at radius 2 is 1.89 bits per heavy atom. The van der Waals surface area contributed by atoms with E-state index in [0.717, 1.165) is 41.4 Å². The summed E-state index contributed by atoms with van der Waals surface area (Å²) < 4.78 is 4.92. The second-order valence-electron chi connectivity index (χ2n) is 6.97. The van der Waals surface area contributed by atoms with Gasteiger partial charge in [-0.05, 0) is 51.2 Å². The van der Waals surface area contributed by atoms with Crippen LogP contribution in [0.15, 0.2) is 18.2 Å². The number of benzene rings is 1. The molecule has 28 heavy (non-hydrogen) atoms. The number of nitrogens with zero attached hydrogens (tertiary/aromatic N) is 1. The minimum Gasteiger partial charge on any atom is -0.455 e. The fourth-order valence-corrected chi connectivity index (χ4v) is 3.71. The van der Waals surface area contributed by atoms with E-state index >= 15 is 0 Å². The van der Waals surface area contributed by atoms with Gasteiger partial charge in [0.25, 0.3) is 5.91 Å². The van der Waals surface area contributed by atoms with Crippen molar-refractivity contribution in [3.8, 4) is 6.07 Å². The molecular weight excluding hydrogens is 378 g/mol. The number of rotatable bonds is 8. The van der Waals surface area contributed by atoms with Gasteiger partial charge in [-0.25, -0.2) is 0 Å². The average molecular weight is 404 g/mol. The first-order valence-corrected chi connectivity index (χ1v) is 10.3. The lowest BCUT2D eigenvalue weighted by atomic mass is 10.00. The molecule has 8 heteroatoms. The number of hydrogen-bond donors (Lipinski definition) is 2. The molecule has 2 amide bonds. The van der Waals surface area contributed by atoms with E-state index in [4.69, 9.17) is 4.74 Å². The molecule has 1 fully saturated rings. The second kappa shape index (κ2) is 10.1. The zero-order chi connectivity index (χ0) is 20.6. The monoisotopic (exact) mass is 403 g/mol. The summed E-state index contributed by atoms with van der Waals surface area (Å²) in [6, 6.07) is 7.89. The molecule has 1 aromatic carbocycles. The Hall–Kier alpha value is -2.53. The lowest BCUT2D eigenvalue weighted by Gasteiger charge is -2.21. The molecule has 1 aliphatic carbocycles. The van der Waals surface area contributed by atoms with Crippen molar-refractivity contribution in [3.63, 3.8) is 0 Å². The summed E-state index contributed by atoms with van der Waals surface area (Å²) in [6.45, 7) is 3.48. The molecule has 0 saturated heterocycles. The molecule has 0 aliphatic heterocycles. The number of carbonyl (C=O) groups excluding carboxylic acids is 3. The minimum absolute atomic E-state index is 0.0308. The highest BCUT2D eigenvalue weighted by molar-refractivity contribution is 8.00. The van der Waals surface area contributed by atoms with Gasteiger partial charge >= 0.3 is 5.97 Å². The Kier molecular flexibility index (Phi) is 7.88. The van der Waals surface area contributed by atoms with Crippen molar-refractivity contribution in [1.29, 1.82) is 5.26 Å². The molecule has 2 N–H and O–H groups in total. The largest absolute Gasteiger partial charge is 0.455 e. The summed E-state index contributed by atoms with van der Waals surface area (Å²) in [4.78, 5) is 35.6. The van der Waals surface area contributed by atoms with Crippen LogP contribution in [0.25, 0.3) is 0 Å². The van der Waals surface area contributed by atoms with Crippen molar-refractivity contribution in [1.82, 2.24) is 5.32 Å². The van der Waals surface area contributed by atoms with Crippen LogP contribution in [-0.2, 0) is 19.1 Å². The van der Waals surface area contributed by atoms with Gasteiger partial charge in [0, 0.05) is 5.69 Å². The van der Waals surface area contributed by atoms with Crippen LogP contribution in [0.1, 0.15) is 36.8 Å². The van der Waals surface area contributed by atoms with Gasteiger partial charge in [-0.15, -0.1) is 11.8 Å². The normalized spacial score (nSPS) is 14.8. The molecular formula is C20H25N3O4S. The molecule has 0 atom stereocenters. The van der Waals surface area contributed by atoms with Crippen molar-refractivity contribution in [2.45, 2.75) is 45.1 Å². The number of ether oxygens (including phenoxy) is 1. The fourth-order valence-electron chi connectivity index (χ4n) is 3.10. The topological polar surface area (TPSA) is 108 Å². The standard InChI is InChI=1S/C20H25N3O4S/c1-14-5-6-16(15(2)9-14)22-18(25)11-28-12-19(26)27-10-17(24)23-20(13-21)7-3-4-8-20/h5-6,9H,3-4,7-8,10-12H2,1-2H3,(H,22,25)(H,23,24). The zero-order valence-corrected chi connectivity index (χ0v) is 17.0. The van der Waals surface area contributed by atoms with E-state index < -0.39 is 24.0 Å². The van der Waals surface area contributed by atoms with Crippen molar-refractivity contribution >= 4 is 35.2 Å². The van der Waals surface area contributed by atoms with E-state index in [0.29, 0.717) is 12.8 Å². The SMILES string of the molecule is Cc1ccc(NC(=O)CSCC(=O)OCC(=O)NC2(C#N)CCCC2)c(C)c1. The van der Waals surface area contributed by atoms with Crippen LogP contribution in [0.3, 0.4) is 0 Å². The highest BCUT2D eigenvalue weighted by Crippen LogP contribution is 2.28. The van der Waals surface area contributed by atoms with E-state index in [1.165, 1.54) is 0 Å². The molecule has 0 unspecified atom stereocenters. The van der Waals surface area contributed by atoms with Gasteiger partial charge in [0.2, 0.25) is 5.91 Å². The third-order valence-corrected chi connectivity index (χ3v) is 5.43. The predicted molar refractivity (Wildman–Crippen MR) is 108 cm³/mol. The first-order valence-electron chi connectivity index (χ1n) is 9.16. The molecule has 150 valence electrons. The molecule has 0 heterocycles. The second-order valence-corrected chi connectivity index (χ2v) is 7.95. The first-order chi connectivity index (χ1) is 13.3. The van der Waals surface area contributed by atoms with Gasteiger partial charge in [-0.3, -0.25) is 14.4 Å². The van der Waals surface area contributed by atoms with E-state index in [1.54, 1.807) is 0 Å². The number of aryl methyl sites for hydroxylation is 2. The van der Waals surface area contributed by atoms with Gasteiger partial charge in [0.15, 0.2) is 6.61 Å². The van der Waals surface area contributed by atoms with Gasteiger partial charge in [-0.1, -0.05) is 17.7 Å². The minimum atomic E-state index is -0.829. The van der Waals surface area contributed by atoms with E-state index in [1.807, 2.05) is 32.0 Å². The number of anilines is 1. The Labute approximate surface area is 169 Å². The highest BCUT2D eigenvalue weighted by Gasteiger charge is 2.35. The fraction of sp³-hybridized carbons (Fsp3) is 0.500. The third-order valence-electron chi connectivity index (χ3n) is 4.52. The molecule has 0 spiro atoms. The number of nitriles is 1. The summed E-state index contributed by atoms with van der Waals surface area (Å²) in [5.74, 6) is -1.19. The van der Waals surface area contributed by atoms with E-state index in [9.17, 15) is 19.6 Å². The summed E-state index contributed by atoms with van der Waals surface area (Å²) >= 11 is 1.12. The quantitative estimate of drug-likeness (QED) is 0.646. The number of carbonyl (C=O) groups is 3. The predicted octanol–water partition coefficient (Wildman–Crippen LogP) is 2.47. The molecule has 0 radical (unpaired) electrons. The van der Waals surface area contributed by atoms with Crippen LogP contribution >= 0.6 is 11.8 Å². The number of hydrogen-bond acceptors (Lipinski definition) is 6. The Balaban J connectivity index is 1.65. The molecule has 1 aromatic rings. The van der Waals surface area contributed by atoms with Gasteiger partial charge in [-0.2, -0.15) is 5.26 Å². The van der Waals surface area contributed by atoms with Crippen LogP contribution in [0.2, 0.25) is 0 Å². The van der Waals surface area contributed by atoms with Crippen molar-refractivity contribution < 1.29 is 19.1 Å². The summed E-state index contributed by atoms with van der Waals surface area (Å²) in [7, 11) is 0. The Morgan fingerprint density at radius 1 is 1.18 bits per heavy atom. The maximum Gasteiger partial charge on any atom is 0.316 e. The van der Waals surface area contributed by atoms with Gasteiger partial charge < -0.3 is 15.4 Å². The van der Waals surface area contributed by atoms with Gasteiger partial charge in [0.05, 0.1) is 17.6 Å². The highest BCUT2D eigenvalue weighted by atomic mass is 32.2. The van der Waals surface area contributed by atoms with Crippen molar-refractivity contribution in [2.75, 3.05) is 23.4 Å². The lowest BCUT2D eigenvalue weighted by molar-refractivity contribution is -0.146. The summed E-state index contributed by atoms with van der Waals surface area (Å²) in [5.41, 5.74) is 2.00. The number of thioether (sulfide) groups is 1. The molecule has 7 nitrogen and oxygen atoms in total. The van der Waals surface area contributed by atoms with Crippen LogP contribution in [-0.4, -0.2) is 41.4 Å². The molecule has 0 bridgehead atoms. The number of nitrogens with one attached hydrogen (secondary N) is 2. The maximum atomic E-state index is 12.0. The summed E-state index contributed by atoms with van der Waals surface area (Å²) in [6.07, 6.45) is 3.03. The van der Waals surface area contributed by atoms with Crippen LogP contribution in [0.5, 0.6) is 0 Å². The van der Waals surface area contributed by atoms with Crippen molar-refractivity contribution in [2.24, 2.45) is 0 Å². The average Bonchev–Trinajstić information content (AvgIpc) is 3.11.